The second kappa shape index (κ2) is 28.5. The molecule has 7 nitrogen and oxygen atoms in total. The molecule has 0 aliphatic carbocycles. The third kappa shape index (κ3) is 22.3. The number of para-hydroxylation sites is 1. The lowest BCUT2D eigenvalue weighted by atomic mass is 10.0. The lowest BCUT2D eigenvalue weighted by Crippen LogP contribution is -2.25. The van der Waals surface area contributed by atoms with Gasteiger partial charge in [-0.25, -0.2) is 0 Å². The number of nitrogens with one attached hydrogen (secondary N) is 1. The number of carbonyl (C=O) groups excluding carboxylic acids is 1. The number of rotatable bonds is 30. The van der Waals surface area contributed by atoms with E-state index in [0.29, 0.717) is 39.0 Å². The standard InChI is InChI=1S/C34H62NO6P/c1-4-6-7-8-9-10-11-12-13-14-15-16-17-18-19-22-27-38-33-25-21-20-24-31(33)29-32(41-34(36)23-5-2)30-40-42(37)39-28-26-35-3/h20-21,24-25,32,35,37H,4-19,22-23,26-30H2,1-3H3. The molecule has 42 heavy (non-hydrogen) atoms. The third-order valence-corrected chi connectivity index (χ3v) is 8.13. The maximum absolute atomic E-state index is 12.2. The molecule has 0 fully saturated rings. The molecule has 0 aromatic heterocycles. The van der Waals surface area contributed by atoms with E-state index in [-0.39, 0.29) is 12.6 Å². The van der Waals surface area contributed by atoms with E-state index in [1.54, 1.807) is 0 Å². The van der Waals surface area contributed by atoms with Crippen LogP contribution >= 0.6 is 8.60 Å². The minimum Gasteiger partial charge on any atom is -0.493 e. The monoisotopic (exact) mass is 611 g/mol. The predicted molar refractivity (Wildman–Crippen MR) is 175 cm³/mol. The van der Waals surface area contributed by atoms with Gasteiger partial charge in [-0.2, -0.15) is 0 Å². The van der Waals surface area contributed by atoms with Crippen LogP contribution in [-0.4, -0.2) is 50.4 Å². The van der Waals surface area contributed by atoms with Crippen molar-refractivity contribution in [2.45, 2.75) is 142 Å². The smallest absolute Gasteiger partial charge is 0.330 e. The van der Waals surface area contributed by atoms with Gasteiger partial charge in [0.1, 0.15) is 11.9 Å². The SMILES string of the molecule is CCCCCCCCCCCCCCCCCCOc1ccccc1CC(COP(O)OCCNC)OC(=O)CCC. The van der Waals surface area contributed by atoms with Crippen LogP contribution in [0.2, 0.25) is 0 Å². The first-order valence-corrected chi connectivity index (χ1v) is 18.0. The lowest BCUT2D eigenvalue weighted by molar-refractivity contribution is -0.150. The summed E-state index contributed by atoms with van der Waals surface area (Å²) < 4.78 is 22.6. The third-order valence-electron chi connectivity index (χ3n) is 7.35. The number of hydrogen-bond acceptors (Lipinski definition) is 7. The highest BCUT2D eigenvalue weighted by Gasteiger charge is 2.20. The highest BCUT2D eigenvalue weighted by atomic mass is 31.2. The average Bonchev–Trinajstić information content (AvgIpc) is 2.98. The van der Waals surface area contributed by atoms with Crippen LogP contribution in [0.4, 0.5) is 0 Å². The van der Waals surface area contributed by atoms with Crippen molar-refractivity contribution in [3.05, 3.63) is 29.8 Å². The first-order valence-electron chi connectivity index (χ1n) is 16.9. The van der Waals surface area contributed by atoms with Gasteiger partial charge in [-0.1, -0.05) is 128 Å². The highest BCUT2D eigenvalue weighted by Crippen LogP contribution is 2.33. The van der Waals surface area contributed by atoms with Crippen molar-refractivity contribution in [3.63, 3.8) is 0 Å². The second-order valence-electron chi connectivity index (χ2n) is 11.3. The first-order chi connectivity index (χ1) is 20.6. The summed E-state index contributed by atoms with van der Waals surface area (Å²) in [4.78, 5) is 22.2. The molecule has 1 rings (SSSR count). The maximum Gasteiger partial charge on any atom is 0.330 e. The molecule has 0 radical (unpaired) electrons. The number of likely N-dealkylation sites (N-methyl/N-ethyl adjacent to an activating group) is 1. The van der Waals surface area contributed by atoms with Crippen molar-refractivity contribution in [2.24, 2.45) is 0 Å². The van der Waals surface area contributed by atoms with Gasteiger partial charge >= 0.3 is 14.6 Å². The van der Waals surface area contributed by atoms with Crippen LogP contribution in [0.1, 0.15) is 135 Å². The topological polar surface area (TPSA) is 86.2 Å². The average molecular weight is 612 g/mol. The van der Waals surface area contributed by atoms with Crippen LogP contribution < -0.4 is 10.1 Å². The summed E-state index contributed by atoms with van der Waals surface area (Å²) in [5.74, 6) is 0.544. The van der Waals surface area contributed by atoms with Crippen molar-refractivity contribution in [1.29, 1.82) is 0 Å². The Bertz CT molecular complexity index is 752. The molecule has 0 aliphatic heterocycles. The van der Waals surface area contributed by atoms with Crippen LogP contribution in [0.25, 0.3) is 0 Å². The van der Waals surface area contributed by atoms with E-state index in [9.17, 15) is 9.69 Å². The van der Waals surface area contributed by atoms with Gasteiger partial charge in [-0.05, 0) is 31.5 Å². The summed E-state index contributed by atoms with van der Waals surface area (Å²) in [6.45, 7) is 5.91. The summed E-state index contributed by atoms with van der Waals surface area (Å²) in [7, 11) is -0.217. The Kier molecular flexibility index (Phi) is 26.3. The molecule has 0 bridgehead atoms. The molecule has 0 saturated carbocycles. The summed E-state index contributed by atoms with van der Waals surface area (Å²) in [6, 6.07) is 7.88. The van der Waals surface area contributed by atoms with Gasteiger partial charge in [0.2, 0.25) is 0 Å². The molecule has 2 atom stereocenters. The number of hydrogen-bond donors (Lipinski definition) is 2. The van der Waals surface area contributed by atoms with Crippen molar-refractivity contribution in [1.82, 2.24) is 5.32 Å². The molecular formula is C34H62NO6P. The van der Waals surface area contributed by atoms with E-state index < -0.39 is 14.7 Å². The van der Waals surface area contributed by atoms with Gasteiger partial charge in [0, 0.05) is 19.4 Å². The summed E-state index contributed by atoms with van der Waals surface area (Å²) >= 11 is 0. The van der Waals surface area contributed by atoms with Crippen LogP contribution in [0.5, 0.6) is 5.75 Å². The molecule has 1 aromatic carbocycles. The summed E-state index contributed by atoms with van der Waals surface area (Å²) in [6.07, 6.45) is 22.5. The molecule has 1 aromatic rings. The number of esters is 1. The molecule has 244 valence electrons. The largest absolute Gasteiger partial charge is 0.493 e. The van der Waals surface area contributed by atoms with Gasteiger partial charge in [-0.15, -0.1) is 0 Å². The van der Waals surface area contributed by atoms with Crippen LogP contribution in [0, 0.1) is 0 Å². The fraction of sp³-hybridized carbons (Fsp3) is 0.794. The fourth-order valence-corrected chi connectivity index (χ4v) is 5.50. The van der Waals surface area contributed by atoms with E-state index in [1.807, 2.05) is 38.2 Å². The second-order valence-corrected chi connectivity index (χ2v) is 12.3. The van der Waals surface area contributed by atoms with Crippen LogP contribution in [0.3, 0.4) is 0 Å². The Morgan fingerprint density at radius 2 is 1.36 bits per heavy atom. The van der Waals surface area contributed by atoms with Gasteiger partial charge < -0.3 is 28.7 Å². The number of carbonyl (C=O) groups is 1. The fourth-order valence-electron chi connectivity index (χ4n) is 4.88. The first kappa shape index (κ1) is 38.8. The molecule has 0 spiro atoms. The van der Waals surface area contributed by atoms with Crippen LogP contribution in [0.15, 0.2) is 24.3 Å². The molecular weight excluding hydrogens is 549 g/mol. The molecule has 2 unspecified atom stereocenters. The Hall–Kier alpha value is -1.24. The zero-order valence-electron chi connectivity index (χ0n) is 27.1. The number of unbranched alkanes of at least 4 members (excludes halogenated alkanes) is 15. The molecule has 0 heterocycles. The molecule has 0 saturated heterocycles. The van der Waals surface area contributed by atoms with Crippen molar-refractivity contribution in [3.8, 4) is 5.75 Å². The molecule has 8 heteroatoms. The van der Waals surface area contributed by atoms with Crippen molar-refractivity contribution >= 4 is 14.6 Å². The lowest BCUT2D eigenvalue weighted by Gasteiger charge is -2.21. The minimum atomic E-state index is -2.03. The van der Waals surface area contributed by atoms with Gasteiger partial charge in [0.15, 0.2) is 0 Å². The summed E-state index contributed by atoms with van der Waals surface area (Å²) in [5.41, 5.74) is 0.963. The quantitative estimate of drug-likeness (QED) is 0.0510. The van der Waals surface area contributed by atoms with E-state index in [4.69, 9.17) is 18.5 Å². The Labute approximate surface area is 258 Å². The van der Waals surface area contributed by atoms with E-state index >= 15 is 0 Å². The van der Waals surface area contributed by atoms with E-state index in [0.717, 1.165) is 17.7 Å². The van der Waals surface area contributed by atoms with Crippen molar-refractivity contribution in [2.75, 3.05) is 33.4 Å². The normalized spacial score (nSPS) is 12.8. The summed E-state index contributed by atoms with van der Waals surface area (Å²) in [5, 5.41) is 2.95. The zero-order chi connectivity index (χ0) is 30.5. The van der Waals surface area contributed by atoms with Gasteiger partial charge in [-0.3, -0.25) is 4.79 Å². The van der Waals surface area contributed by atoms with Crippen LogP contribution in [-0.2, 0) is 25.0 Å². The van der Waals surface area contributed by atoms with E-state index in [1.165, 1.54) is 96.3 Å². The van der Waals surface area contributed by atoms with Gasteiger partial charge in [0.05, 0.1) is 19.8 Å². The molecule has 0 aliphatic rings. The minimum absolute atomic E-state index is 0.0602. The predicted octanol–water partition coefficient (Wildman–Crippen LogP) is 9.05. The zero-order valence-corrected chi connectivity index (χ0v) is 28.0. The molecule has 0 amide bonds. The Balaban J connectivity index is 2.26. The molecule has 2 N–H and O–H groups in total. The maximum atomic E-state index is 12.2. The van der Waals surface area contributed by atoms with Gasteiger partial charge in [0.25, 0.3) is 0 Å². The Morgan fingerprint density at radius 1 is 0.786 bits per heavy atom. The Morgan fingerprint density at radius 3 is 1.93 bits per heavy atom. The number of benzene rings is 1. The van der Waals surface area contributed by atoms with Crippen molar-refractivity contribution < 1.29 is 28.2 Å². The number of ether oxygens (including phenoxy) is 2. The highest BCUT2D eigenvalue weighted by molar-refractivity contribution is 7.40. The van der Waals surface area contributed by atoms with E-state index in [2.05, 4.69) is 12.2 Å².